The number of aromatic nitrogens is 2. The molecule has 0 aliphatic carbocycles. The molecule has 136 valence electrons. The van der Waals surface area contributed by atoms with Crippen LogP contribution in [0.15, 0.2) is 28.9 Å². The molecule has 2 aromatic heterocycles. The van der Waals surface area contributed by atoms with Gasteiger partial charge in [-0.1, -0.05) is 12.8 Å². The molecule has 0 radical (unpaired) electrons. The third-order valence-electron chi connectivity index (χ3n) is 4.66. The van der Waals surface area contributed by atoms with Crippen molar-refractivity contribution in [2.24, 2.45) is 0 Å². The molecule has 6 heteroatoms. The smallest absolute Gasteiger partial charge is 0.272 e. The lowest BCUT2D eigenvalue weighted by Gasteiger charge is -2.28. The summed E-state index contributed by atoms with van der Waals surface area (Å²) in [4.78, 5) is 15.3. The van der Waals surface area contributed by atoms with Crippen molar-refractivity contribution in [1.82, 2.24) is 14.7 Å². The molecule has 1 amide bonds. The fourth-order valence-electron chi connectivity index (χ4n) is 3.46. The van der Waals surface area contributed by atoms with E-state index in [1.54, 1.807) is 10.9 Å². The maximum Gasteiger partial charge on any atom is 0.272 e. The lowest BCUT2D eigenvalue weighted by molar-refractivity contribution is 0.0641. The van der Waals surface area contributed by atoms with Crippen molar-refractivity contribution in [3.63, 3.8) is 0 Å². The molecule has 1 atom stereocenters. The zero-order valence-corrected chi connectivity index (χ0v) is 15.1. The van der Waals surface area contributed by atoms with Crippen LogP contribution in [-0.4, -0.2) is 40.3 Å². The summed E-state index contributed by atoms with van der Waals surface area (Å²) in [7, 11) is 0. The molecule has 1 aliphatic rings. The molecule has 6 nitrogen and oxygen atoms in total. The minimum Gasteiger partial charge on any atom is -0.467 e. The molecule has 0 spiro atoms. The second-order valence-corrected chi connectivity index (χ2v) is 6.47. The Morgan fingerprint density at radius 1 is 1.40 bits per heavy atom. The minimum atomic E-state index is 0.000507. The van der Waals surface area contributed by atoms with E-state index in [0.717, 1.165) is 43.7 Å². The molecule has 1 saturated heterocycles. The number of nitrogens with zero attached hydrogens (tertiary/aromatic N) is 3. The standard InChI is InChI=1S/C19H27N3O3/c1-3-24-13-11-22-17(14-15(2)20-22)19(23)21-10-6-4-5-8-16(21)18-9-7-12-25-18/h7,9,12,14,16H,3-6,8,10-11,13H2,1-2H3. The van der Waals surface area contributed by atoms with Gasteiger partial charge in [-0.25, -0.2) is 0 Å². The Labute approximate surface area is 148 Å². The lowest BCUT2D eigenvalue weighted by atomic mass is 10.1. The van der Waals surface area contributed by atoms with Gasteiger partial charge in [-0.2, -0.15) is 5.10 Å². The van der Waals surface area contributed by atoms with Crippen molar-refractivity contribution >= 4 is 5.91 Å². The van der Waals surface area contributed by atoms with Crippen LogP contribution >= 0.6 is 0 Å². The highest BCUT2D eigenvalue weighted by Crippen LogP contribution is 2.31. The predicted molar refractivity (Wildman–Crippen MR) is 94.4 cm³/mol. The van der Waals surface area contributed by atoms with E-state index >= 15 is 0 Å². The Balaban J connectivity index is 1.84. The normalized spacial score (nSPS) is 18.3. The number of rotatable bonds is 6. The van der Waals surface area contributed by atoms with Gasteiger partial charge in [-0.15, -0.1) is 0 Å². The van der Waals surface area contributed by atoms with E-state index in [0.29, 0.717) is 25.5 Å². The number of aryl methyl sites for hydroxylation is 1. The average Bonchev–Trinajstić information content (AvgIpc) is 3.19. The lowest BCUT2D eigenvalue weighted by Crippen LogP contribution is -2.36. The highest BCUT2D eigenvalue weighted by molar-refractivity contribution is 5.93. The summed E-state index contributed by atoms with van der Waals surface area (Å²) in [6.07, 6.45) is 5.89. The van der Waals surface area contributed by atoms with E-state index in [2.05, 4.69) is 5.10 Å². The largest absolute Gasteiger partial charge is 0.467 e. The van der Waals surface area contributed by atoms with Crippen LogP contribution in [-0.2, 0) is 11.3 Å². The Morgan fingerprint density at radius 3 is 3.04 bits per heavy atom. The van der Waals surface area contributed by atoms with Gasteiger partial charge in [0.05, 0.1) is 31.2 Å². The Hall–Kier alpha value is -2.08. The first-order valence-corrected chi connectivity index (χ1v) is 9.17. The summed E-state index contributed by atoms with van der Waals surface area (Å²) in [5.74, 6) is 0.896. The summed E-state index contributed by atoms with van der Waals surface area (Å²) in [6, 6.07) is 5.73. The number of hydrogen-bond donors (Lipinski definition) is 0. The summed E-state index contributed by atoms with van der Waals surface area (Å²) in [6.45, 7) is 6.43. The molecule has 0 aromatic carbocycles. The van der Waals surface area contributed by atoms with Gasteiger partial charge in [0.1, 0.15) is 11.5 Å². The molecule has 3 rings (SSSR count). The second kappa shape index (κ2) is 8.34. The molecule has 0 bridgehead atoms. The van der Waals surface area contributed by atoms with Gasteiger partial charge < -0.3 is 14.1 Å². The molecule has 1 fully saturated rings. The van der Waals surface area contributed by atoms with Crippen molar-refractivity contribution in [3.8, 4) is 0 Å². The van der Waals surface area contributed by atoms with Crippen molar-refractivity contribution in [3.05, 3.63) is 41.6 Å². The summed E-state index contributed by atoms with van der Waals surface area (Å²) < 4.78 is 12.8. The van der Waals surface area contributed by atoms with Crippen LogP contribution in [0.5, 0.6) is 0 Å². The summed E-state index contributed by atoms with van der Waals surface area (Å²) in [5, 5.41) is 4.48. The first-order valence-electron chi connectivity index (χ1n) is 9.17. The maximum absolute atomic E-state index is 13.3. The molecule has 1 unspecified atom stereocenters. The van der Waals surface area contributed by atoms with Crippen molar-refractivity contribution in [1.29, 1.82) is 0 Å². The first-order chi connectivity index (χ1) is 12.2. The van der Waals surface area contributed by atoms with Gasteiger partial charge in [0.2, 0.25) is 0 Å². The van der Waals surface area contributed by atoms with E-state index < -0.39 is 0 Å². The molecule has 1 aliphatic heterocycles. The molecular formula is C19H27N3O3. The molecule has 0 N–H and O–H groups in total. The van der Waals surface area contributed by atoms with E-state index in [-0.39, 0.29) is 11.9 Å². The first kappa shape index (κ1) is 17.7. The number of carbonyl (C=O) groups is 1. The molecule has 2 aromatic rings. The van der Waals surface area contributed by atoms with Gasteiger partial charge in [0.25, 0.3) is 5.91 Å². The van der Waals surface area contributed by atoms with Crippen LogP contribution in [0.2, 0.25) is 0 Å². The number of furan rings is 1. The number of hydrogen-bond acceptors (Lipinski definition) is 4. The Bertz CT molecular complexity index is 678. The highest BCUT2D eigenvalue weighted by atomic mass is 16.5. The van der Waals surface area contributed by atoms with Gasteiger partial charge >= 0.3 is 0 Å². The number of ether oxygens (including phenoxy) is 1. The van der Waals surface area contributed by atoms with E-state index in [4.69, 9.17) is 9.15 Å². The molecule has 3 heterocycles. The van der Waals surface area contributed by atoms with Crippen LogP contribution in [0.3, 0.4) is 0 Å². The van der Waals surface area contributed by atoms with Crippen LogP contribution in [0.1, 0.15) is 60.6 Å². The molecular weight excluding hydrogens is 318 g/mol. The number of carbonyl (C=O) groups excluding carboxylic acids is 1. The van der Waals surface area contributed by atoms with Crippen LogP contribution in [0.4, 0.5) is 0 Å². The highest BCUT2D eigenvalue weighted by Gasteiger charge is 2.31. The van der Waals surface area contributed by atoms with E-state index in [1.165, 1.54) is 0 Å². The SMILES string of the molecule is CCOCCn1nc(C)cc1C(=O)N1CCCCCC1c1ccco1. The topological polar surface area (TPSA) is 60.5 Å². The fraction of sp³-hybridized carbons (Fsp3) is 0.579. The van der Waals surface area contributed by atoms with Gasteiger partial charge in [0.15, 0.2) is 0 Å². The zero-order valence-electron chi connectivity index (χ0n) is 15.1. The Kier molecular flexibility index (Phi) is 5.91. The van der Waals surface area contributed by atoms with Crippen molar-refractivity contribution < 1.29 is 13.9 Å². The quantitative estimate of drug-likeness (QED) is 0.751. The Morgan fingerprint density at radius 2 is 2.28 bits per heavy atom. The maximum atomic E-state index is 13.3. The number of amides is 1. The summed E-state index contributed by atoms with van der Waals surface area (Å²) >= 11 is 0. The van der Waals surface area contributed by atoms with Crippen LogP contribution < -0.4 is 0 Å². The van der Waals surface area contributed by atoms with Crippen LogP contribution in [0, 0.1) is 6.92 Å². The van der Waals surface area contributed by atoms with Crippen LogP contribution in [0.25, 0.3) is 0 Å². The predicted octanol–water partition coefficient (Wildman–Crippen LogP) is 3.58. The van der Waals surface area contributed by atoms with Gasteiger partial charge in [-0.3, -0.25) is 9.48 Å². The van der Waals surface area contributed by atoms with Gasteiger partial charge in [-0.05, 0) is 44.9 Å². The van der Waals surface area contributed by atoms with Crippen molar-refractivity contribution in [2.75, 3.05) is 19.8 Å². The van der Waals surface area contributed by atoms with Gasteiger partial charge in [0, 0.05) is 13.2 Å². The monoisotopic (exact) mass is 345 g/mol. The van der Waals surface area contributed by atoms with E-state index in [9.17, 15) is 4.79 Å². The molecule has 0 saturated carbocycles. The second-order valence-electron chi connectivity index (χ2n) is 6.47. The summed E-state index contributed by atoms with van der Waals surface area (Å²) in [5.41, 5.74) is 1.49. The zero-order chi connectivity index (χ0) is 17.6. The molecule has 25 heavy (non-hydrogen) atoms. The fourth-order valence-corrected chi connectivity index (χ4v) is 3.46. The number of likely N-dealkylation sites (tertiary alicyclic amines) is 1. The van der Waals surface area contributed by atoms with E-state index in [1.807, 2.05) is 36.9 Å². The van der Waals surface area contributed by atoms with Crippen molar-refractivity contribution in [2.45, 2.75) is 52.1 Å². The average molecular weight is 345 g/mol. The third-order valence-corrected chi connectivity index (χ3v) is 4.66. The third kappa shape index (κ3) is 4.12. The minimum absolute atomic E-state index is 0.000507.